The summed E-state index contributed by atoms with van der Waals surface area (Å²) < 4.78 is 11.8. The highest BCUT2D eigenvalue weighted by molar-refractivity contribution is 5.70. The Labute approximate surface area is 199 Å². The quantitative estimate of drug-likeness (QED) is 0.298. The second-order valence-electron chi connectivity index (χ2n) is 7.94. The minimum absolute atomic E-state index is 0.225. The van der Waals surface area contributed by atoms with Crippen molar-refractivity contribution in [2.24, 2.45) is 5.73 Å². The summed E-state index contributed by atoms with van der Waals surface area (Å²) in [6, 6.07) is 35.4. The topological polar surface area (TPSA) is 81.8 Å². The number of hydrogen-bond donors (Lipinski definition) is 2. The number of carboxylic acid groups (broad SMARTS) is 1. The molecule has 0 aromatic heterocycles. The molecule has 0 spiro atoms. The van der Waals surface area contributed by atoms with E-state index in [2.05, 4.69) is 24.3 Å². The number of nitrogens with two attached hydrogens (primary N) is 1. The zero-order valence-corrected chi connectivity index (χ0v) is 18.7. The van der Waals surface area contributed by atoms with Gasteiger partial charge in [-0.05, 0) is 34.4 Å². The molecule has 1 unspecified atom stereocenters. The van der Waals surface area contributed by atoms with E-state index in [1.165, 1.54) is 5.56 Å². The maximum Gasteiger partial charge on any atom is 0.341 e. The molecule has 3 N–H and O–H groups in total. The van der Waals surface area contributed by atoms with Gasteiger partial charge in [-0.1, -0.05) is 97.1 Å². The highest BCUT2D eigenvalue weighted by Gasteiger charge is 2.20. The molecule has 0 saturated carbocycles. The van der Waals surface area contributed by atoms with Crippen molar-refractivity contribution in [3.8, 4) is 16.9 Å². The molecule has 0 aliphatic heterocycles. The highest BCUT2D eigenvalue weighted by Crippen LogP contribution is 2.33. The third kappa shape index (κ3) is 6.10. The molecule has 0 radical (unpaired) electrons. The predicted octanol–water partition coefficient (Wildman–Crippen LogP) is 5.77. The first-order valence-corrected chi connectivity index (χ1v) is 11.1. The molecule has 0 saturated heterocycles. The van der Waals surface area contributed by atoms with E-state index in [9.17, 15) is 4.79 Å². The molecule has 4 aromatic carbocycles. The van der Waals surface area contributed by atoms with Gasteiger partial charge in [0.15, 0.2) is 6.61 Å². The van der Waals surface area contributed by atoms with Gasteiger partial charge >= 0.3 is 5.97 Å². The summed E-state index contributed by atoms with van der Waals surface area (Å²) in [7, 11) is 0. The minimum atomic E-state index is -1.02. The van der Waals surface area contributed by atoms with E-state index in [1.807, 2.05) is 78.9 Å². The molecule has 0 fully saturated rings. The molecule has 172 valence electrons. The van der Waals surface area contributed by atoms with Gasteiger partial charge < -0.3 is 20.3 Å². The average Bonchev–Trinajstić information content (AvgIpc) is 2.88. The van der Waals surface area contributed by atoms with Gasteiger partial charge in [0.2, 0.25) is 0 Å². The van der Waals surface area contributed by atoms with E-state index in [0.717, 1.165) is 22.3 Å². The van der Waals surface area contributed by atoms with E-state index in [-0.39, 0.29) is 6.10 Å². The van der Waals surface area contributed by atoms with Gasteiger partial charge in [0.25, 0.3) is 0 Å². The molecule has 0 amide bonds. The summed E-state index contributed by atoms with van der Waals surface area (Å²) >= 11 is 0. The number of benzene rings is 4. The summed E-state index contributed by atoms with van der Waals surface area (Å²) in [5.74, 6) is -0.540. The lowest BCUT2D eigenvalue weighted by Crippen LogP contribution is -2.20. The molecule has 0 heterocycles. The first-order chi connectivity index (χ1) is 16.6. The average molecular weight is 454 g/mol. The fourth-order valence-electron chi connectivity index (χ4n) is 3.90. The van der Waals surface area contributed by atoms with Crippen LogP contribution in [0.1, 0.15) is 29.0 Å². The number of aliphatic carboxylic acids is 1. The Hall–Kier alpha value is -3.93. The number of carbonyl (C=O) groups is 1. The van der Waals surface area contributed by atoms with Crippen LogP contribution >= 0.6 is 0 Å². The van der Waals surface area contributed by atoms with E-state index in [4.69, 9.17) is 20.3 Å². The van der Waals surface area contributed by atoms with Crippen molar-refractivity contribution < 1.29 is 19.4 Å². The van der Waals surface area contributed by atoms with Gasteiger partial charge in [0.1, 0.15) is 12.0 Å². The summed E-state index contributed by atoms with van der Waals surface area (Å²) in [5.41, 5.74) is 11.5. The smallest absolute Gasteiger partial charge is 0.341 e. The van der Waals surface area contributed by atoms with Crippen molar-refractivity contribution in [3.05, 3.63) is 126 Å². The Morgan fingerprint density at radius 1 is 0.824 bits per heavy atom. The standard InChI is InChI=1S/C29H27NO4/c30-29(34-27(22-12-5-2-6-13-22)18-21-10-3-1-4-11-21)26-17-8-7-16-25(26)23-14-9-15-24(19-23)33-20-28(31)32/h1-17,19,27,29H,18,20,30H2,(H,31,32)/t27-,29?/m1/s1. The van der Waals surface area contributed by atoms with Crippen molar-refractivity contribution in [3.63, 3.8) is 0 Å². The van der Waals surface area contributed by atoms with Gasteiger partial charge in [-0.2, -0.15) is 0 Å². The maximum absolute atomic E-state index is 10.9. The number of hydrogen-bond acceptors (Lipinski definition) is 4. The molecule has 0 aliphatic carbocycles. The van der Waals surface area contributed by atoms with Crippen LogP contribution in [0.5, 0.6) is 5.75 Å². The largest absolute Gasteiger partial charge is 0.482 e. The minimum Gasteiger partial charge on any atom is -0.482 e. The van der Waals surface area contributed by atoms with Gasteiger partial charge in [-0.25, -0.2) is 4.79 Å². The SMILES string of the molecule is NC(O[C@H](Cc1ccccc1)c1ccccc1)c1ccccc1-c1cccc(OCC(=O)O)c1. The van der Waals surface area contributed by atoms with Gasteiger partial charge in [0, 0.05) is 12.0 Å². The fourth-order valence-corrected chi connectivity index (χ4v) is 3.90. The van der Waals surface area contributed by atoms with Crippen LogP contribution in [0, 0.1) is 0 Å². The Morgan fingerprint density at radius 3 is 2.24 bits per heavy atom. The highest BCUT2D eigenvalue weighted by atomic mass is 16.5. The van der Waals surface area contributed by atoms with Crippen molar-refractivity contribution in [2.75, 3.05) is 6.61 Å². The Bertz CT molecular complexity index is 1210. The van der Waals surface area contributed by atoms with Crippen LogP contribution in [0.15, 0.2) is 109 Å². The Balaban J connectivity index is 1.61. The van der Waals surface area contributed by atoms with Crippen LogP contribution in [-0.4, -0.2) is 17.7 Å². The lowest BCUT2D eigenvalue weighted by molar-refractivity contribution is -0.139. The van der Waals surface area contributed by atoms with Crippen molar-refractivity contribution in [1.82, 2.24) is 0 Å². The van der Waals surface area contributed by atoms with Crippen LogP contribution in [-0.2, 0) is 16.0 Å². The second-order valence-corrected chi connectivity index (χ2v) is 7.94. The zero-order chi connectivity index (χ0) is 23.8. The fraction of sp³-hybridized carbons (Fsp3) is 0.138. The number of ether oxygens (including phenoxy) is 2. The van der Waals surface area contributed by atoms with Crippen molar-refractivity contribution in [1.29, 1.82) is 0 Å². The third-order valence-electron chi connectivity index (χ3n) is 5.52. The molecule has 4 rings (SSSR count). The van der Waals surface area contributed by atoms with Crippen LogP contribution in [0.3, 0.4) is 0 Å². The molecule has 0 bridgehead atoms. The molecule has 0 aliphatic rings. The number of carboxylic acids is 1. The molecular formula is C29H27NO4. The van der Waals surface area contributed by atoms with Gasteiger partial charge in [-0.15, -0.1) is 0 Å². The van der Waals surface area contributed by atoms with E-state index in [1.54, 1.807) is 6.07 Å². The lowest BCUT2D eigenvalue weighted by Gasteiger charge is -2.25. The van der Waals surface area contributed by atoms with Gasteiger partial charge in [-0.3, -0.25) is 0 Å². The van der Waals surface area contributed by atoms with E-state index in [0.29, 0.717) is 12.2 Å². The van der Waals surface area contributed by atoms with Crippen molar-refractivity contribution >= 4 is 5.97 Å². The van der Waals surface area contributed by atoms with Crippen LogP contribution in [0.25, 0.3) is 11.1 Å². The van der Waals surface area contributed by atoms with Crippen molar-refractivity contribution in [2.45, 2.75) is 18.8 Å². The maximum atomic E-state index is 10.9. The first kappa shape index (κ1) is 23.2. The van der Waals surface area contributed by atoms with Crippen LogP contribution in [0.2, 0.25) is 0 Å². The van der Waals surface area contributed by atoms with E-state index < -0.39 is 18.8 Å². The first-order valence-electron chi connectivity index (χ1n) is 11.1. The normalized spacial score (nSPS) is 12.6. The number of rotatable bonds is 10. The summed E-state index contributed by atoms with van der Waals surface area (Å²) in [6.07, 6.45) is -0.204. The van der Waals surface area contributed by atoms with Crippen LogP contribution < -0.4 is 10.5 Å². The predicted molar refractivity (Wildman–Crippen MR) is 132 cm³/mol. The molecule has 5 heteroatoms. The summed E-state index contributed by atoms with van der Waals surface area (Å²) in [6.45, 7) is -0.397. The molecular weight excluding hydrogens is 426 g/mol. The molecule has 2 atom stereocenters. The second kappa shape index (κ2) is 11.3. The summed E-state index contributed by atoms with van der Waals surface area (Å²) in [5, 5.41) is 8.90. The molecule has 4 aromatic rings. The third-order valence-corrected chi connectivity index (χ3v) is 5.52. The van der Waals surface area contributed by atoms with E-state index >= 15 is 0 Å². The molecule has 34 heavy (non-hydrogen) atoms. The monoisotopic (exact) mass is 453 g/mol. The lowest BCUT2D eigenvalue weighted by atomic mass is 9.97. The molecule has 5 nitrogen and oxygen atoms in total. The van der Waals surface area contributed by atoms with Gasteiger partial charge in [0.05, 0.1) is 6.10 Å². The Kier molecular flexibility index (Phi) is 7.71. The zero-order valence-electron chi connectivity index (χ0n) is 18.7. The Morgan fingerprint density at radius 2 is 1.50 bits per heavy atom. The van der Waals surface area contributed by atoms with Crippen LogP contribution in [0.4, 0.5) is 0 Å². The summed E-state index contributed by atoms with van der Waals surface area (Å²) in [4.78, 5) is 10.9.